The van der Waals surface area contributed by atoms with E-state index in [0.29, 0.717) is 0 Å². The smallest absolute Gasteiger partial charge is 0.0985 e. The van der Waals surface area contributed by atoms with Gasteiger partial charge in [0.05, 0.1) is 0 Å². The summed E-state index contributed by atoms with van der Waals surface area (Å²) in [4.78, 5) is 0. The fourth-order valence-corrected chi connectivity index (χ4v) is 7.52. The maximum atomic E-state index is 3.97. The monoisotopic (exact) mass is 250 g/mol. The average Bonchev–Trinajstić information content (AvgIpc) is 2.78. The van der Waals surface area contributed by atoms with Crippen molar-refractivity contribution < 1.29 is 0 Å². The molecule has 90 valence electrons. The summed E-state index contributed by atoms with van der Waals surface area (Å²) in [5.74, 6) is 0. The lowest BCUT2D eigenvalue weighted by molar-refractivity contribution is 1.16. The lowest BCUT2D eigenvalue weighted by atomic mass is 10.2. The zero-order valence-corrected chi connectivity index (χ0v) is 11.8. The molecule has 1 aliphatic rings. The van der Waals surface area contributed by atoms with Gasteiger partial charge in [-0.2, -0.15) is 0 Å². The summed E-state index contributed by atoms with van der Waals surface area (Å²) in [6.07, 6.45) is 3.25. The van der Waals surface area contributed by atoms with E-state index in [4.69, 9.17) is 0 Å². The number of aryl methyl sites for hydroxylation is 1. The third-order valence-electron chi connectivity index (χ3n) is 4.28. The van der Waals surface area contributed by atoms with Crippen molar-refractivity contribution in [2.75, 3.05) is 0 Å². The minimum absolute atomic E-state index is 1.24. The van der Waals surface area contributed by atoms with Gasteiger partial charge in [-0.1, -0.05) is 72.9 Å². The average molecular weight is 250 g/mol. The van der Waals surface area contributed by atoms with Gasteiger partial charge in [0.15, 0.2) is 0 Å². The van der Waals surface area contributed by atoms with Crippen molar-refractivity contribution in [1.82, 2.24) is 0 Å². The predicted octanol–water partition coefficient (Wildman–Crippen LogP) is 3.08. The van der Waals surface area contributed by atoms with Crippen molar-refractivity contribution in [3.05, 3.63) is 66.2 Å². The van der Waals surface area contributed by atoms with Crippen LogP contribution in [0.1, 0.15) is 11.1 Å². The zero-order valence-electron chi connectivity index (χ0n) is 10.8. The molecule has 0 nitrogen and oxygen atoms in total. The minimum Gasteiger partial charge on any atom is -0.0985 e. The summed E-state index contributed by atoms with van der Waals surface area (Å²) in [7, 11) is -1.52. The Kier molecular flexibility index (Phi) is 2.71. The van der Waals surface area contributed by atoms with E-state index >= 15 is 0 Å². The summed E-state index contributed by atoms with van der Waals surface area (Å²) >= 11 is 0. The Morgan fingerprint density at radius 1 is 1.00 bits per heavy atom. The molecule has 1 unspecified atom stereocenters. The summed E-state index contributed by atoms with van der Waals surface area (Å²) in [5.41, 5.74) is 2.88. The lowest BCUT2D eigenvalue weighted by Gasteiger charge is -2.25. The van der Waals surface area contributed by atoms with E-state index < -0.39 is 8.07 Å². The molecule has 0 bridgehead atoms. The van der Waals surface area contributed by atoms with Crippen LogP contribution in [0.2, 0.25) is 12.6 Å². The Hall–Kier alpha value is -1.60. The molecule has 3 rings (SSSR count). The molecular formula is C17H18Si. The summed E-state index contributed by atoms with van der Waals surface area (Å²) in [6.45, 7) is 6.47. The van der Waals surface area contributed by atoms with Crippen LogP contribution in [0.15, 0.2) is 55.1 Å². The summed E-state index contributed by atoms with van der Waals surface area (Å²) < 4.78 is 0. The molecule has 0 saturated carbocycles. The van der Waals surface area contributed by atoms with Crippen LogP contribution in [-0.2, 0) is 6.42 Å². The highest BCUT2D eigenvalue weighted by Gasteiger charge is 2.38. The van der Waals surface area contributed by atoms with Crippen molar-refractivity contribution in [1.29, 1.82) is 0 Å². The van der Waals surface area contributed by atoms with Gasteiger partial charge in [-0.05, 0) is 28.8 Å². The third-order valence-corrected chi connectivity index (χ3v) is 8.85. The van der Waals surface area contributed by atoms with Gasteiger partial charge < -0.3 is 0 Å². The standard InChI is InChI=1S/C17H18Si/c1-3-14-8-4-6-10-16(14)18(2)13-12-15-9-5-7-11-17(15)18/h3-11H,1,12-13H2,2H3. The van der Waals surface area contributed by atoms with E-state index in [0.717, 1.165) is 0 Å². The Morgan fingerprint density at radius 2 is 1.67 bits per heavy atom. The maximum Gasteiger partial charge on any atom is 0.116 e. The van der Waals surface area contributed by atoms with E-state index in [1.54, 1.807) is 15.9 Å². The highest BCUT2D eigenvalue weighted by Crippen LogP contribution is 2.24. The summed E-state index contributed by atoms with van der Waals surface area (Å²) in [5, 5.41) is 3.17. The fourth-order valence-electron chi connectivity index (χ4n) is 3.25. The number of benzene rings is 2. The highest BCUT2D eigenvalue weighted by atomic mass is 28.3. The quantitative estimate of drug-likeness (QED) is 0.719. The second-order valence-corrected chi connectivity index (χ2v) is 9.52. The van der Waals surface area contributed by atoms with Gasteiger partial charge in [0.2, 0.25) is 0 Å². The van der Waals surface area contributed by atoms with E-state index in [-0.39, 0.29) is 0 Å². The molecule has 1 heteroatoms. The second kappa shape index (κ2) is 4.25. The molecular weight excluding hydrogens is 232 g/mol. The first-order valence-electron chi connectivity index (χ1n) is 6.56. The van der Waals surface area contributed by atoms with Crippen LogP contribution in [0.25, 0.3) is 6.08 Å². The van der Waals surface area contributed by atoms with Crippen LogP contribution in [0, 0.1) is 0 Å². The lowest BCUT2D eigenvalue weighted by Crippen LogP contribution is -2.54. The van der Waals surface area contributed by atoms with Crippen molar-refractivity contribution in [3.63, 3.8) is 0 Å². The van der Waals surface area contributed by atoms with Gasteiger partial charge in [-0.25, -0.2) is 0 Å². The van der Waals surface area contributed by atoms with Crippen molar-refractivity contribution in [2.24, 2.45) is 0 Å². The van der Waals surface area contributed by atoms with Crippen molar-refractivity contribution in [2.45, 2.75) is 19.0 Å². The fraction of sp³-hybridized carbons (Fsp3) is 0.176. The van der Waals surface area contributed by atoms with Gasteiger partial charge in [0.25, 0.3) is 0 Å². The van der Waals surface area contributed by atoms with Gasteiger partial charge >= 0.3 is 0 Å². The molecule has 1 aliphatic heterocycles. The molecule has 0 saturated heterocycles. The topological polar surface area (TPSA) is 0 Å². The first-order valence-corrected chi connectivity index (χ1v) is 9.27. The zero-order chi connectivity index (χ0) is 12.6. The first kappa shape index (κ1) is 11.5. The number of hydrogen-bond donors (Lipinski definition) is 0. The SMILES string of the molecule is C=Cc1ccccc1[Si]1(C)CCc2ccccc21. The van der Waals surface area contributed by atoms with E-state index in [1.165, 1.54) is 18.0 Å². The van der Waals surface area contributed by atoms with E-state index in [2.05, 4.69) is 61.7 Å². The van der Waals surface area contributed by atoms with Gasteiger partial charge in [-0.15, -0.1) is 0 Å². The maximum absolute atomic E-state index is 3.97. The Bertz CT molecular complexity index is 600. The van der Waals surface area contributed by atoms with Crippen LogP contribution < -0.4 is 10.4 Å². The highest BCUT2D eigenvalue weighted by molar-refractivity contribution is 7.02. The molecule has 0 spiro atoms. The van der Waals surface area contributed by atoms with E-state index in [1.807, 2.05) is 6.08 Å². The van der Waals surface area contributed by atoms with Crippen LogP contribution in [0.3, 0.4) is 0 Å². The molecule has 0 aromatic heterocycles. The second-order valence-electron chi connectivity index (χ2n) is 5.28. The minimum atomic E-state index is -1.52. The number of hydrogen-bond acceptors (Lipinski definition) is 0. The molecule has 0 radical (unpaired) electrons. The first-order chi connectivity index (χ1) is 8.75. The molecule has 0 amide bonds. The van der Waals surface area contributed by atoms with Crippen LogP contribution in [0.4, 0.5) is 0 Å². The normalized spacial score (nSPS) is 21.6. The number of fused-ring (bicyclic) bond motifs is 1. The van der Waals surface area contributed by atoms with Crippen LogP contribution in [0.5, 0.6) is 0 Å². The Balaban J connectivity index is 2.20. The summed E-state index contributed by atoms with van der Waals surface area (Å²) in [6, 6.07) is 19.1. The molecule has 1 heterocycles. The Labute approximate surface area is 110 Å². The number of rotatable bonds is 2. The molecule has 18 heavy (non-hydrogen) atoms. The van der Waals surface area contributed by atoms with Crippen LogP contribution in [-0.4, -0.2) is 8.07 Å². The molecule has 0 N–H and O–H groups in total. The van der Waals surface area contributed by atoms with Crippen molar-refractivity contribution in [3.8, 4) is 0 Å². The largest absolute Gasteiger partial charge is 0.116 e. The predicted molar refractivity (Wildman–Crippen MR) is 82.4 cm³/mol. The Morgan fingerprint density at radius 3 is 2.44 bits per heavy atom. The van der Waals surface area contributed by atoms with E-state index in [9.17, 15) is 0 Å². The van der Waals surface area contributed by atoms with Crippen molar-refractivity contribution >= 4 is 24.5 Å². The third kappa shape index (κ3) is 1.58. The molecule has 2 aromatic carbocycles. The van der Waals surface area contributed by atoms with Gasteiger partial charge in [0.1, 0.15) is 8.07 Å². The molecule has 0 aliphatic carbocycles. The molecule has 1 atom stereocenters. The molecule has 0 fully saturated rings. The van der Waals surface area contributed by atoms with Gasteiger partial charge in [0, 0.05) is 0 Å². The molecule has 2 aromatic rings. The van der Waals surface area contributed by atoms with Gasteiger partial charge in [-0.3, -0.25) is 0 Å². The van der Waals surface area contributed by atoms with Crippen LogP contribution >= 0.6 is 0 Å².